The molecule has 0 aliphatic rings. The molecule has 4 heteroatoms. The molecule has 15 heavy (non-hydrogen) atoms. The van der Waals surface area contributed by atoms with Crippen LogP contribution in [0.4, 0.5) is 0 Å². The molecular formula is C11H18N2OS. The van der Waals surface area contributed by atoms with Crippen molar-refractivity contribution in [3.05, 3.63) is 24.2 Å². The lowest BCUT2D eigenvalue weighted by atomic mass is 10.2. The molecule has 0 aliphatic heterocycles. The van der Waals surface area contributed by atoms with E-state index in [0.717, 1.165) is 12.3 Å². The first-order valence-electron chi connectivity index (χ1n) is 5.37. The van der Waals surface area contributed by atoms with Crippen molar-refractivity contribution >= 4 is 17.3 Å². The second-order valence-corrected chi connectivity index (χ2v) is 3.80. The van der Waals surface area contributed by atoms with Crippen molar-refractivity contribution in [1.82, 2.24) is 10.6 Å². The van der Waals surface area contributed by atoms with Gasteiger partial charge < -0.3 is 15.1 Å². The van der Waals surface area contributed by atoms with Crippen LogP contribution in [0.1, 0.15) is 31.9 Å². The van der Waals surface area contributed by atoms with Gasteiger partial charge >= 0.3 is 0 Å². The molecule has 0 unspecified atom stereocenters. The van der Waals surface area contributed by atoms with Crippen molar-refractivity contribution in [2.45, 2.75) is 32.7 Å². The summed E-state index contributed by atoms with van der Waals surface area (Å²) in [5.74, 6) is 0.896. The highest BCUT2D eigenvalue weighted by Gasteiger charge is 1.97. The topological polar surface area (TPSA) is 37.2 Å². The van der Waals surface area contributed by atoms with Crippen molar-refractivity contribution in [2.75, 3.05) is 6.54 Å². The fraction of sp³-hybridized carbons (Fsp3) is 0.545. The average Bonchev–Trinajstić information content (AvgIpc) is 2.74. The molecule has 1 aromatic heterocycles. The minimum Gasteiger partial charge on any atom is -0.467 e. The Morgan fingerprint density at radius 3 is 2.93 bits per heavy atom. The molecule has 0 amide bonds. The van der Waals surface area contributed by atoms with Crippen LogP contribution >= 0.6 is 12.2 Å². The molecule has 84 valence electrons. The van der Waals surface area contributed by atoms with Crippen LogP contribution in [0.15, 0.2) is 22.8 Å². The van der Waals surface area contributed by atoms with Crippen LogP contribution < -0.4 is 10.6 Å². The van der Waals surface area contributed by atoms with Gasteiger partial charge in [0.1, 0.15) is 5.76 Å². The molecule has 0 radical (unpaired) electrons. The number of hydrogen-bond acceptors (Lipinski definition) is 2. The van der Waals surface area contributed by atoms with Crippen LogP contribution in [0.25, 0.3) is 0 Å². The van der Waals surface area contributed by atoms with Crippen LogP contribution in [0.3, 0.4) is 0 Å². The Hall–Kier alpha value is -1.03. The van der Waals surface area contributed by atoms with Gasteiger partial charge in [0.15, 0.2) is 5.11 Å². The minimum atomic E-state index is 0.645. The molecule has 0 bridgehead atoms. The van der Waals surface area contributed by atoms with Gasteiger partial charge in [-0.05, 0) is 30.8 Å². The number of thiocarbonyl (C=S) groups is 1. The van der Waals surface area contributed by atoms with Crippen LogP contribution in [0, 0.1) is 0 Å². The summed E-state index contributed by atoms with van der Waals surface area (Å²) in [6.45, 7) is 3.78. The number of unbranched alkanes of at least 4 members (excludes halogenated alkanes) is 2. The van der Waals surface area contributed by atoms with Gasteiger partial charge in [0.05, 0.1) is 12.8 Å². The summed E-state index contributed by atoms with van der Waals surface area (Å²) >= 11 is 5.11. The van der Waals surface area contributed by atoms with Crippen LogP contribution in [0.2, 0.25) is 0 Å². The molecule has 0 spiro atoms. The molecule has 3 nitrogen and oxygen atoms in total. The SMILES string of the molecule is CCCCCNC(=S)NCc1ccco1. The van der Waals surface area contributed by atoms with E-state index in [-0.39, 0.29) is 0 Å². The van der Waals surface area contributed by atoms with Crippen molar-refractivity contribution in [3.63, 3.8) is 0 Å². The molecule has 2 N–H and O–H groups in total. The number of hydrogen-bond donors (Lipinski definition) is 2. The predicted octanol–water partition coefficient (Wildman–Crippen LogP) is 2.43. The first kappa shape index (κ1) is 12.0. The maximum atomic E-state index is 5.18. The van der Waals surface area contributed by atoms with E-state index in [0.29, 0.717) is 11.7 Å². The third kappa shape index (κ3) is 5.42. The Labute approximate surface area is 96.2 Å². The van der Waals surface area contributed by atoms with Crippen LogP contribution in [-0.4, -0.2) is 11.7 Å². The zero-order valence-electron chi connectivity index (χ0n) is 9.08. The Morgan fingerprint density at radius 2 is 2.27 bits per heavy atom. The third-order valence-corrected chi connectivity index (χ3v) is 2.36. The maximum Gasteiger partial charge on any atom is 0.166 e. The Balaban J connectivity index is 2.04. The normalized spacial score (nSPS) is 9.93. The fourth-order valence-electron chi connectivity index (χ4n) is 1.22. The summed E-state index contributed by atoms with van der Waals surface area (Å²) in [4.78, 5) is 0. The van der Waals surface area contributed by atoms with Gasteiger partial charge in [-0.25, -0.2) is 0 Å². The van der Waals surface area contributed by atoms with E-state index < -0.39 is 0 Å². The first-order chi connectivity index (χ1) is 7.33. The van der Waals surface area contributed by atoms with Gasteiger partial charge in [-0.3, -0.25) is 0 Å². The van der Waals surface area contributed by atoms with Gasteiger partial charge in [0, 0.05) is 6.54 Å². The van der Waals surface area contributed by atoms with E-state index in [9.17, 15) is 0 Å². The molecule has 0 fully saturated rings. The molecule has 0 aromatic carbocycles. The van der Waals surface area contributed by atoms with Crippen LogP contribution in [-0.2, 0) is 6.54 Å². The van der Waals surface area contributed by atoms with E-state index in [1.165, 1.54) is 19.3 Å². The second kappa shape index (κ2) is 7.29. The van der Waals surface area contributed by atoms with E-state index in [2.05, 4.69) is 17.6 Å². The van der Waals surface area contributed by atoms with Gasteiger partial charge in [-0.15, -0.1) is 0 Å². The Bertz CT molecular complexity index is 272. The van der Waals surface area contributed by atoms with Gasteiger partial charge in [-0.1, -0.05) is 19.8 Å². The quantitative estimate of drug-likeness (QED) is 0.577. The number of nitrogens with one attached hydrogen (secondary N) is 2. The van der Waals surface area contributed by atoms with Crippen LogP contribution in [0.5, 0.6) is 0 Å². The zero-order chi connectivity index (χ0) is 10.9. The molecule has 0 atom stereocenters. The molecule has 1 rings (SSSR count). The number of furan rings is 1. The molecule has 1 heterocycles. The standard InChI is InChI=1S/C11H18N2OS/c1-2-3-4-7-12-11(15)13-9-10-6-5-8-14-10/h5-6,8H,2-4,7,9H2,1H3,(H2,12,13,15). The highest BCUT2D eigenvalue weighted by Crippen LogP contribution is 1.98. The minimum absolute atomic E-state index is 0.645. The summed E-state index contributed by atoms with van der Waals surface area (Å²) in [5, 5.41) is 6.94. The zero-order valence-corrected chi connectivity index (χ0v) is 9.90. The Kier molecular flexibility index (Phi) is 5.85. The smallest absolute Gasteiger partial charge is 0.166 e. The van der Waals surface area contributed by atoms with E-state index in [1.807, 2.05) is 12.1 Å². The summed E-state index contributed by atoms with van der Waals surface area (Å²) in [6, 6.07) is 3.79. The molecule has 0 aliphatic carbocycles. The Morgan fingerprint density at radius 1 is 1.40 bits per heavy atom. The largest absolute Gasteiger partial charge is 0.467 e. The highest BCUT2D eigenvalue weighted by molar-refractivity contribution is 7.80. The lowest BCUT2D eigenvalue weighted by molar-refractivity contribution is 0.502. The molecular weight excluding hydrogens is 208 g/mol. The van der Waals surface area contributed by atoms with Crippen molar-refractivity contribution in [3.8, 4) is 0 Å². The van der Waals surface area contributed by atoms with E-state index in [4.69, 9.17) is 16.6 Å². The summed E-state index contributed by atoms with van der Waals surface area (Å²) < 4.78 is 5.18. The lowest BCUT2D eigenvalue weighted by Crippen LogP contribution is -2.35. The van der Waals surface area contributed by atoms with Crippen molar-refractivity contribution < 1.29 is 4.42 Å². The highest BCUT2D eigenvalue weighted by atomic mass is 32.1. The van der Waals surface area contributed by atoms with E-state index >= 15 is 0 Å². The third-order valence-electron chi connectivity index (χ3n) is 2.07. The van der Waals surface area contributed by atoms with Gasteiger partial charge in [0.2, 0.25) is 0 Å². The predicted molar refractivity (Wildman–Crippen MR) is 65.7 cm³/mol. The van der Waals surface area contributed by atoms with Gasteiger partial charge in [0.25, 0.3) is 0 Å². The summed E-state index contributed by atoms with van der Waals surface area (Å²) in [7, 11) is 0. The lowest BCUT2D eigenvalue weighted by Gasteiger charge is -2.08. The molecule has 0 saturated heterocycles. The summed E-state index contributed by atoms with van der Waals surface area (Å²) in [6.07, 6.45) is 5.30. The first-order valence-corrected chi connectivity index (χ1v) is 5.78. The van der Waals surface area contributed by atoms with Crippen molar-refractivity contribution in [1.29, 1.82) is 0 Å². The molecule has 0 saturated carbocycles. The van der Waals surface area contributed by atoms with Crippen molar-refractivity contribution in [2.24, 2.45) is 0 Å². The fourth-order valence-corrected chi connectivity index (χ4v) is 1.39. The second-order valence-electron chi connectivity index (χ2n) is 3.40. The molecule has 1 aromatic rings. The van der Waals surface area contributed by atoms with E-state index in [1.54, 1.807) is 6.26 Å². The van der Waals surface area contributed by atoms with Gasteiger partial charge in [-0.2, -0.15) is 0 Å². The average molecular weight is 226 g/mol. The number of rotatable bonds is 6. The monoisotopic (exact) mass is 226 g/mol. The summed E-state index contributed by atoms with van der Waals surface area (Å²) in [5.41, 5.74) is 0. The maximum absolute atomic E-state index is 5.18.